The number of thioether (sulfide) groups is 1. The van der Waals surface area contributed by atoms with Gasteiger partial charge in [0.05, 0.1) is 12.6 Å². The van der Waals surface area contributed by atoms with Gasteiger partial charge in [-0.2, -0.15) is 0 Å². The maximum Gasteiger partial charge on any atom is 0.184 e. The van der Waals surface area contributed by atoms with E-state index in [4.69, 9.17) is 19.7 Å². The van der Waals surface area contributed by atoms with Crippen molar-refractivity contribution in [2.45, 2.75) is 47.9 Å². The molecule has 1 N–H and O–H groups in total. The summed E-state index contributed by atoms with van der Waals surface area (Å²) in [5, 5.41) is 14.7. The van der Waals surface area contributed by atoms with E-state index in [2.05, 4.69) is 10.0 Å². The molecule has 2 aliphatic rings. The lowest BCUT2D eigenvalue weighted by Gasteiger charge is -2.46. The molecule has 7 nitrogen and oxygen atoms in total. The zero-order valence-electron chi connectivity index (χ0n) is 15.3. The third kappa shape index (κ3) is 4.03. The average Bonchev–Trinajstić information content (AvgIpc) is 2.73. The van der Waals surface area contributed by atoms with E-state index in [0.29, 0.717) is 6.61 Å². The van der Waals surface area contributed by atoms with E-state index in [1.807, 2.05) is 61.5 Å². The zero-order valence-corrected chi connectivity index (χ0v) is 16.1. The van der Waals surface area contributed by atoms with Gasteiger partial charge < -0.3 is 19.3 Å². The van der Waals surface area contributed by atoms with Crippen LogP contribution in [-0.4, -0.2) is 41.5 Å². The molecule has 0 saturated carbocycles. The summed E-state index contributed by atoms with van der Waals surface area (Å²) in [5.74, 6) is 0. The predicted octanol–water partition coefficient (Wildman–Crippen LogP) is 3.97. The van der Waals surface area contributed by atoms with E-state index in [0.717, 1.165) is 16.0 Å². The number of aliphatic hydroxyl groups excluding tert-OH is 1. The van der Waals surface area contributed by atoms with Crippen molar-refractivity contribution in [3.8, 4) is 0 Å². The Morgan fingerprint density at radius 1 is 1.11 bits per heavy atom. The molecule has 0 aliphatic carbocycles. The first-order chi connectivity index (χ1) is 13.7. The molecule has 0 spiro atoms. The lowest BCUT2D eigenvalue weighted by atomic mass is 9.97. The first-order valence-corrected chi connectivity index (χ1v) is 9.97. The van der Waals surface area contributed by atoms with E-state index in [1.165, 1.54) is 11.8 Å². The van der Waals surface area contributed by atoms with Crippen LogP contribution in [0.3, 0.4) is 0 Å². The third-order valence-electron chi connectivity index (χ3n) is 4.86. The Kier molecular flexibility index (Phi) is 5.87. The van der Waals surface area contributed by atoms with Gasteiger partial charge in [-0.05, 0) is 24.6 Å². The number of aliphatic hydroxyl groups is 1. The molecular weight excluding hydrogens is 378 g/mol. The Morgan fingerprint density at radius 2 is 1.86 bits per heavy atom. The Morgan fingerprint density at radius 3 is 2.57 bits per heavy atom. The number of azide groups is 1. The molecule has 146 valence electrons. The van der Waals surface area contributed by atoms with Crippen LogP contribution in [0.25, 0.3) is 10.4 Å². The second kappa shape index (κ2) is 8.53. The van der Waals surface area contributed by atoms with Gasteiger partial charge in [-0.3, -0.25) is 0 Å². The largest absolute Gasteiger partial charge is 0.389 e. The molecule has 0 aromatic heterocycles. The van der Waals surface area contributed by atoms with Gasteiger partial charge in [0.1, 0.15) is 23.7 Å². The summed E-state index contributed by atoms with van der Waals surface area (Å²) in [5.41, 5.74) is 10.5. The normalized spacial score (nSPS) is 32.2. The Labute approximate surface area is 167 Å². The van der Waals surface area contributed by atoms with Gasteiger partial charge in [-0.15, -0.1) is 0 Å². The molecule has 2 aromatic carbocycles. The molecule has 2 heterocycles. The summed E-state index contributed by atoms with van der Waals surface area (Å²) in [6.45, 7) is 2.31. The third-order valence-corrected chi connectivity index (χ3v) is 6.03. The summed E-state index contributed by atoms with van der Waals surface area (Å²) in [6.07, 6.45) is -2.60. The van der Waals surface area contributed by atoms with Gasteiger partial charge in [0.15, 0.2) is 6.29 Å². The zero-order chi connectivity index (χ0) is 19.5. The molecule has 4 unspecified atom stereocenters. The Bertz CT molecular complexity index is 844. The first-order valence-electron chi connectivity index (χ1n) is 9.09. The van der Waals surface area contributed by atoms with Gasteiger partial charge in [0.2, 0.25) is 0 Å². The topological polar surface area (TPSA) is 96.7 Å². The van der Waals surface area contributed by atoms with Crippen molar-refractivity contribution < 1.29 is 19.3 Å². The van der Waals surface area contributed by atoms with E-state index < -0.39 is 36.1 Å². The van der Waals surface area contributed by atoms with E-state index in [1.54, 1.807) is 0 Å². The molecule has 2 aliphatic heterocycles. The van der Waals surface area contributed by atoms with Crippen LogP contribution >= 0.6 is 11.8 Å². The summed E-state index contributed by atoms with van der Waals surface area (Å²) in [6, 6.07) is 16.7. The molecule has 0 bridgehead atoms. The summed E-state index contributed by atoms with van der Waals surface area (Å²) in [4.78, 5) is 3.90. The van der Waals surface area contributed by atoms with E-state index in [9.17, 15) is 5.11 Å². The van der Waals surface area contributed by atoms with Crippen molar-refractivity contribution in [1.29, 1.82) is 0 Å². The smallest absolute Gasteiger partial charge is 0.184 e. The van der Waals surface area contributed by atoms with Crippen LogP contribution in [-0.2, 0) is 14.2 Å². The van der Waals surface area contributed by atoms with Crippen molar-refractivity contribution in [1.82, 2.24) is 0 Å². The number of hydrogen-bond donors (Lipinski definition) is 1. The highest BCUT2D eigenvalue weighted by Gasteiger charge is 2.49. The molecule has 2 fully saturated rings. The van der Waals surface area contributed by atoms with Crippen LogP contribution in [0.15, 0.2) is 64.6 Å². The lowest BCUT2D eigenvalue weighted by molar-refractivity contribution is -0.297. The second-order valence-corrected chi connectivity index (χ2v) is 8.01. The molecule has 8 heteroatoms. The monoisotopic (exact) mass is 399 g/mol. The fourth-order valence-electron chi connectivity index (χ4n) is 3.40. The number of fused-ring (bicyclic) bond motifs is 1. The highest BCUT2D eigenvalue weighted by atomic mass is 32.2. The Hall–Kier alpha value is -2.06. The fourth-order valence-corrected chi connectivity index (χ4v) is 4.46. The number of nitrogens with zero attached hydrogens (tertiary/aromatic N) is 3. The summed E-state index contributed by atoms with van der Waals surface area (Å²) < 4.78 is 18.0. The molecule has 0 radical (unpaired) electrons. The Balaban J connectivity index is 1.53. The van der Waals surface area contributed by atoms with Crippen LogP contribution in [0.1, 0.15) is 17.4 Å². The van der Waals surface area contributed by atoms with E-state index >= 15 is 0 Å². The quantitative estimate of drug-likeness (QED) is 0.477. The molecule has 0 amide bonds. The highest BCUT2D eigenvalue weighted by molar-refractivity contribution is 7.99. The summed E-state index contributed by atoms with van der Waals surface area (Å²) in [7, 11) is 0. The maximum absolute atomic E-state index is 10.8. The van der Waals surface area contributed by atoms with Gasteiger partial charge >= 0.3 is 0 Å². The maximum atomic E-state index is 10.8. The number of benzene rings is 2. The minimum absolute atomic E-state index is 0.291. The standard InChI is InChI=1S/C20H21N3O4S/c1-12-7-9-14(10-8-12)28-20-17(24)16(22-23-21)18-15(26-20)11-25-19(27-18)13-5-3-2-4-6-13/h2-10,15-20,24H,11H2,1H3/t15?,16?,17?,18-,19?,20-/m0/s1. The van der Waals surface area contributed by atoms with Crippen molar-refractivity contribution in [3.63, 3.8) is 0 Å². The van der Waals surface area contributed by atoms with Gasteiger partial charge in [-0.25, -0.2) is 0 Å². The number of hydrogen-bond acceptors (Lipinski definition) is 6. The van der Waals surface area contributed by atoms with Crippen LogP contribution in [0.2, 0.25) is 0 Å². The molecule has 6 atom stereocenters. The van der Waals surface area contributed by atoms with Crippen molar-refractivity contribution in [3.05, 3.63) is 76.2 Å². The lowest BCUT2D eigenvalue weighted by Crippen LogP contribution is -2.60. The second-order valence-electron chi connectivity index (χ2n) is 6.84. The van der Waals surface area contributed by atoms with Crippen LogP contribution in [0, 0.1) is 6.92 Å². The van der Waals surface area contributed by atoms with Crippen molar-refractivity contribution in [2.24, 2.45) is 5.11 Å². The molecule has 2 aromatic rings. The minimum atomic E-state index is -1.00. The van der Waals surface area contributed by atoms with Crippen LogP contribution in [0.4, 0.5) is 0 Å². The van der Waals surface area contributed by atoms with Crippen molar-refractivity contribution in [2.75, 3.05) is 6.61 Å². The molecule has 4 rings (SSSR count). The molecule has 28 heavy (non-hydrogen) atoms. The molecule has 2 saturated heterocycles. The van der Waals surface area contributed by atoms with Gasteiger partial charge in [0, 0.05) is 15.4 Å². The van der Waals surface area contributed by atoms with Gasteiger partial charge in [0.25, 0.3) is 0 Å². The molecular formula is C20H21N3O4S. The van der Waals surface area contributed by atoms with Crippen LogP contribution in [0.5, 0.6) is 0 Å². The number of ether oxygens (including phenoxy) is 3. The van der Waals surface area contributed by atoms with Crippen LogP contribution < -0.4 is 0 Å². The predicted molar refractivity (Wildman–Crippen MR) is 105 cm³/mol. The highest BCUT2D eigenvalue weighted by Crippen LogP contribution is 2.39. The van der Waals surface area contributed by atoms with E-state index in [-0.39, 0.29) is 0 Å². The number of rotatable bonds is 4. The van der Waals surface area contributed by atoms with Crippen molar-refractivity contribution >= 4 is 11.8 Å². The summed E-state index contributed by atoms with van der Waals surface area (Å²) >= 11 is 1.40. The first kappa shape index (κ1) is 19.3. The minimum Gasteiger partial charge on any atom is -0.389 e. The number of aryl methyl sites for hydroxylation is 1. The SMILES string of the molecule is Cc1ccc(S[C@@H]2OC3COC(c4ccccc4)O[C@@H]3C(N=[N+]=[N-])C2O)cc1. The fraction of sp³-hybridized carbons (Fsp3) is 0.400. The average molecular weight is 399 g/mol. The van der Waals surface area contributed by atoms with Gasteiger partial charge in [-0.1, -0.05) is 64.9 Å².